The van der Waals surface area contributed by atoms with Gasteiger partial charge in [-0.25, -0.2) is 0 Å². The second kappa shape index (κ2) is 10.5. The fraction of sp³-hybridized carbons (Fsp3) is 0.385. The van der Waals surface area contributed by atoms with Gasteiger partial charge in [-0.05, 0) is 55.2 Å². The van der Waals surface area contributed by atoms with Crippen LogP contribution < -0.4 is 4.74 Å². The lowest BCUT2D eigenvalue weighted by molar-refractivity contribution is 0.0723. The Hall–Kier alpha value is -3.03. The van der Waals surface area contributed by atoms with Gasteiger partial charge in [-0.2, -0.15) is 5.10 Å². The summed E-state index contributed by atoms with van der Waals surface area (Å²) in [5, 5.41) is 18.5. The molecule has 1 unspecified atom stereocenters. The van der Waals surface area contributed by atoms with E-state index in [0.717, 1.165) is 35.3 Å². The lowest BCUT2D eigenvalue weighted by atomic mass is 9.95. The highest BCUT2D eigenvalue weighted by Crippen LogP contribution is 2.45. The first kappa shape index (κ1) is 24.1. The second-order valence-electron chi connectivity index (χ2n) is 8.50. The summed E-state index contributed by atoms with van der Waals surface area (Å²) in [7, 11) is 1.65. The Bertz CT molecular complexity index is 1160. The number of fused-ring (bicyclic) bond motifs is 1. The number of aromatic nitrogens is 2. The summed E-state index contributed by atoms with van der Waals surface area (Å²) in [5.41, 5.74) is 3.87. The number of nitrogens with one attached hydrogen (secondary N) is 1. The van der Waals surface area contributed by atoms with Gasteiger partial charge in [-0.15, -0.1) is 0 Å². The molecule has 0 saturated heterocycles. The Kier molecular flexibility index (Phi) is 7.44. The lowest BCUT2D eigenvalue weighted by Crippen LogP contribution is -2.31. The highest BCUT2D eigenvalue weighted by Gasteiger charge is 2.42. The number of benzene rings is 2. The van der Waals surface area contributed by atoms with E-state index >= 15 is 0 Å². The van der Waals surface area contributed by atoms with E-state index in [0.29, 0.717) is 48.2 Å². The molecule has 2 heterocycles. The first-order chi connectivity index (χ1) is 16.5. The summed E-state index contributed by atoms with van der Waals surface area (Å²) in [6.07, 6.45) is 2.77. The number of carbonyl (C=O) groups is 1. The standard InChI is InChI=1S/C26H30ClN3O4/c1-4-5-13-34-18-9-7-17(8-10-18)25-22-23(19-15-20(27)16(2)14-21(19)31)28-29-24(22)26(32)30(25)11-6-12-33-3/h7-10,14-15,25,31H,4-6,11-13H2,1-3H3,(H,28,29). The smallest absolute Gasteiger partial charge is 0.273 e. The van der Waals surface area contributed by atoms with Gasteiger partial charge in [0, 0.05) is 36.4 Å². The average Bonchev–Trinajstić information content (AvgIpc) is 3.36. The molecule has 2 N–H and O–H groups in total. The van der Waals surface area contributed by atoms with Crippen LogP contribution in [-0.4, -0.2) is 53.0 Å². The number of hydrogen-bond acceptors (Lipinski definition) is 5. The van der Waals surface area contributed by atoms with E-state index in [2.05, 4.69) is 17.1 Å². The van der Waals surface area contributed by atoms with E-state index in [1.54, 1.807) is 19.2 Å². The number of carbonyl (C=O) groups excluding carboxylic acids is 1. The fourth-order valence-corrected chi connectivity index (χ4v) is 4.46. The molecule has 2 aromatic carbocycles. The third-order valence-corrected chi connectivity index (χ3v) is 6.51. The highest BCUT2D eigenvalue weighted by molar-refractivity contribution is 6.31. The molecule has 0 fully saturated rings. The van der Waals surface area contributed by atoms with Crippen LogP contribution in [0.3, 0.4) is 0 Å². The zero-order valence-corrected chi connectivity index (χ0v) is 20.5. The number of amides is 1. The molecule has 0 aliphatic carbocycles. The molecule has 0 bridgehead atoms. The largest absolute Gasteiger partial charge is 0.507 e. The van der Waals surface area contributed by atoms with Crippen LogP contribution in [0.4, 0.5) is 0 Å². The fourth-order valence-electron chi connectivity index (χ4n) is 4.30. The van der Waals surface area contributed by atoms with Crippen LogP contribution in [0.15, 0.2) is 36.4 Å². The van der Waals surface area contributed by atoms with Crippen LogP contribution in [0.2, 0.25) is 5.02 Å². The molecule has 0 spiro atoms. The van der Waals surface area contributed by atoms with Crippen LogP contribution in [0.5, 0.6) is 11.5 Å². The molecular weight excluding hydrogens is 454 g/mol. The molecule has 7 nitrogen and oxygen atoms in total. The number of aromatic hydroxyl groups is 1. The summed E-state index contributed by atoms with van der Waals surface area (Å²) < 4.78 is 11.0. The number of hydrogen-bond donors (Lipinski definition) is 2. The summed E-state index contributed by atoms with van der Waals surface area (Å²) in [4.78, 5) is 15.2. The minimum atomic E-state index is -0.364. The molecule has 0 saturated carbocycles. The van der Waals surface area contributed by atoms with Crippen molar-refractivity contribution in [3.63, 3.8) is 0 Å². The molecule has 0 radical (unpaired) electrons. The number of unbranched alkanes of at least 4 members (excludes halogenated alkanes) is 1. The molecular formula is C26H30ClN3O4. The maximum atomic E-state index is 13.4. The van der Waals surface area contributed by atoms with Crippen LogP contribution in [0, 0.1) is 6.92 Å². The highest BCUT2D eigenvalue weighted by atomic mass is 35.5. The maximum absolute atomic E-state index is 13.4. The normalized spacial score (nSPS) is 15.1. The van der Waals surface area contributed by atoms with Crippen molar-refractivity contribution in [3.8, 4) is 22.8 Å². The van der Waals surface area contributed by atoms with Gasteiger partial charge < -0.3 is 19.5 Å². The molecule has 1 amide bonds. The number of aryl methyl sites for hydroxylation is 1. The number of rotatable bonds is 10. The van der Waals surface area contributed by atoms with Crippen molar-refractivity contribution in [2.45, 2.75) is 39.2 Å². The van der Waals surface area contributed by atoms with Crippen molar-refractivity contribution < 1.29 is 19.4 Å². The van der Waals surface area contributed by atoms with Crippen molar-refractivity contribution in [2.75, 3.05) is 26.9 Å². The number of halogens is 1. The number of methoxy groups -OCH3 is 1. The molecule has 8 heteroatoms. The van der Waals surface area contributed by atoms with Crippen LogP contribution >= 0.6 is 11.6 Å². The zero-order valence-electron chi connectivity index (χ0n) is 19.7. The summed E-state index contributed by atoms with van der Waals surface area (Å²) in [5.74, 6) is 0.735. The SMILES string of the molecule is CCCCOc1ccc(C2c3c(-c4cc(Cl)c(C)cc4O)n[nH]c3C(=O)N2CCCOC)cc1. The topological polar surface area (TPSA) is 87.7 Å². The van der Waals surface area contributed by atoms with Gasteiger partial charge in [-0.1, -0.05) is 37.1 Å². The maximum Gasteiger partial charge on any atom is 0.273 e. The van der Waals surface area contributed by atoms with Gasteiger partial charge in [0.25, 0.3) is 5.91 Å². The third-order valence-electron chi connectivity index (χ3n) is 6.11. The number of ether oxygens (including phenoxy) is 2. The summed E-state index contributed by atoms with van der Waals surface area (Å²) in [6, 6.07) is 10.8. The molecule has 180 valence electrons. The molecule has 4 rings (SSSR count). The molecule has 1 aromatic heterocycles. The summed E-state index contributed by atoms with van der Waals surface area (Å²) >= 11 is 6.36. The zero-order chi connectivity index (χ0) is 24.2. The number of phenolic OH excluding ortho intramolecular Hbond substituents is 1. The first-order valence-corrected chi connectivity index (χ1v) is 11.9. The van der Waals surface area contributed by atoms with E-state index in [1.165, 1.54) is 0 Å². The van der Waals surface area contributed by atoms with E-state index in [1.807, 2.05) is 36.1 Å². The van der Waals surface area contributed by atoms with E-state index in [9.17, 15) is 9.90 Å². The van der Waals surface area contributed by atoms with E-state index < -0.39 is 0 Å². The Labute approximate surface area is 204 Å². The van der Waals surface area contributed by atoms with Crippen molar-refractivity contribution in [1.82, 2.24) is 15.1 Å². The monoisotopic (exact) mass is 483 g/mol. The third kappa shape index (κ3) is 4.63. The summed E-state index contributed by atoms with van der Waals surface area (Å²) in [6.45, 7) is 5.70. The molecule has 1 aliphatic rings. The minimum absolute atomic E-state index is 0.0694. The Morgan fingerprint density at radius 2 is 1.94 bits per heavy atom. The number of nitrogens with zero attached hydrogens (tertiary/aromatic N) is 2. The van der Waals surface area contributed by atoms with Crippen LogP contribution in [0.25, 0.3) is 11.3 Å². The number of H-pyrrole nitrogens is 1. The van der Waals surface area contributed by atoms with E-state index in [-0.39, 0.29) is 17.7 Å². The van der Waals surface area contributed by atoms with Crippen LogP contribution in [-0.2, 0) is 4.74 Å². The Morgan fingerprint density at radius 3 is 2.65 bits per heavy atom. The lowest BCUT2D eigenvalue weighted by Gasteiger charge is -2.26. The van der Waals surface area contributed by atoms with Crippen LogP contribution in [0.1, 0.15) is 59.4 Å². The van der Waals surface area contributed by atoms with Crippen molar-refractivity contribution in [3.05, 3.63) is 63.8 Å². The van der Waals surface area contributed by atoms with Gasteiger partial charge in [0.15, 0.2) is 0 Å². The quantitative estimate of drug-likeness (QED) is 0.371. The average molecular weight is 484 g/mol. The van der Waals surface area contributed by atoms with Gasteiger partial charge in [0.05, 0.1) is 12.6 Å². The van der Waals surface area contributed by atoms with Gasteiger partial charge in [0.2, 0.25) is 0 Å². The molecule has 3 aromatic rings. The first-order valence-electron chi connectivity index (χ1n) is 11.6. The minimum Gasteiger partial charge on any atom is -0.507 e. The predicted molar refractivity (Wildman–Crippen MR) is 132 cm³/mol. The van der Waals surface area contributed by atoms with Gasteiger partial charge in [-0.3, -0.25) is 9.89 Å². The molecule has 34 heavy (non-hydrogen) atoms. The number of phenols is 1. The van der Waals surface area contributed by atoms with Gasteiger partial charge >= 0.3 is 0 Å². The Balaban J connectivity index is 1.76. The van der Waals surface area contributed by atoms with Crippen molar-refractivity contribution >= 4 is 17.5 Å². The predicted octanol–water partition coefficient (Wildman–Crippen LogP) is 5.50. The van der Waals surface area contributed by atoms with Gasteiger partial charge in [0.1, 0.15) is 22.9 Å². The molecule has 1 aliphatic heterocycles. The van der Waals surface area contributed by atoms with Crippen molar-refractivity contribution in [2.24, 2.45) is 0 Å². The molecule has 1 atom stereocenters. The number of aromatic amines is 1. The van der Waals surface area contributed by atoms with E-state index in [4.69, 9.17) is 21.1 Å². The second-order valence-corrected chi connectivity index (χ2v) is 8.91. The Morgan fingerprint density at radius 1 is 1.18 bits per heavy atom. The van der Waals surface area contributed by atoms with Crippen molar-refractivity contribution in [1.29, 1.82) is 0 Å².